The summed E-state index contributed by atoms with van der Waals surface area (Å²) in [7, 11) is 0. The van der Waals surface area contributed by atoms with Gasteiger partial charge in [0.2, 0.25) is 0 Å². The first-order valence-corrected chi connectivity index (χ1v) is 10.4. The number of hydrogen-bond acceptors (Lipinski definition) is 4. The molecule has 0 fully saturated rings. The molecule has 24 heavy (non-hydrogen) atoms. The van der Waals surface area contributed by atoms with Crippen molar-refractivity contribution in [3.05, 3.63) is 0 Å². The lowest BCUT2D eigenvalue weighted by atomic mass is 10.00. The summed E-state index contributed by atoms with van der Waals surface area (Å²) >= 11 is 0. The molecule has 5 N–H and O–H groups in total. The van der Waals surface area contributed by atoms with Crippen molar-refractivity contribution < 1.29 is 15.3 Å². The molecule has 0 rings (SSSR count). The molecule has 0 aliphatic carbocycles. The predicted octanol–water partition coefficient (Wildman–Crippen LogP) is 3.90. The molecule has 4 heteroatoms. The topological polar surface area (TPSA) is 86.7 Å². The number of rotatable bonds is 18. The Morgan fingerprint density at radius 2 is 1.04 bits per heavy atom. The molecule has 0 saturated carbocycles. The van der Waals surface area contributed by atoms with Gasteiger partial charge in [-0.3, -0.25) is 0 Å². The second kappa shape index (κ2) is 17.7. The summed E-state index contributed by atoms with van der Waals surface area (Å²) < 4.78 is 0. The summed E-state index contributed by atoms with van der Waals surface area (Å²) in [6, 6.07) is -0.744. The van der Waals surface area contributed by atoms with E-state index in [2.05, 4.69) is 6.92 Å². The van der Waals surface area contributed by atoms with Gasteiger partial charge in [-0.15, -0.1) is 0 Å². The molecule has 0 unspecified atom stereocenters. The molecule has 0 saturated heterocycles. The van der Waals surface area contributed by atoms with Crippen molar-refractivity contribution in [1.82, 2.24) is 0 Å². The van der Waals surface area contributed by atoms with Crippen LogP contribution in [0.2, 0.25) is 0 Å². The van der Waals surface area contributed by atoms with Gasteiger partial charge in [0, 0.05) is 0 Å². The summed E-state index contributed by atoms with van der Waals surface area (Å²) in [5.41, 5.74) is 5.51. The molecule has 0 amide bonds. The quantitative estimate of drug-likeness (QED) is 0.284. The maximum Gasteiger partial charge on any atom is 0.0971 e. The average Bonchev–Trinajstić information content (AvgIpc) is 2.60. The first-order chi connectivity index (χ1) is 11.6. The maximum absolute atomic E-state index is 9.77. The van der Waals surface area contributed by atoms with Gasteiger partial charge in [-0.1, -0.05) is 96.8 Å². The lowest BCUT2D eigenvalue weighted by molar-refractivity contribution is -0.0121. The van der Waals surface area contributed by atoms with E-state index in [0.29, 0.717) is 6.42 Å². The maximum atomic E-state index is 9.77. The van der Waals surface area contributed by atoms with Gasteiger partial charge in [0.15, 0.2) is 0 Å². The number of nitrogens with two attached hydrogens (primary N) is 1. The summed E-state index contributed by atoms with van der Waals surface area (Å²) in [6.07, 6.45) is 17.0. The smallest absolute Gasteiger partial charge is 0.0971 e. The van der Waals surface area contributed by atoms with Crippen molar-refractivity contribution in [2.75, 3.05) is 6.61 Å². The first kappa shape index (κ1) is 23.8. The van der Waals surface area contributed by atoms with Gasteiger partial charge in [-0.05, 0) is 6.42 Å². The Kier molecular flexibility index (Phi) is 17.5. The van der Waals surface area contributed by atoms with Crippen molar-refractivity contribution in [2.24, 2.45) is 5.73 Å². The Labute approximate surface area is 149 Å². The molecule has 0 aromatic rings. The van der Waals surface area contributed by atoms with Crippen LogP contribution >= 0.6 is 0 Å². The fraction of sp³-hybridized carbons (Fsp3) is 1.00. The van der Waals surface area contributed by atoms with E-state index < -0.39 is 18.2 Å². The molecule has 0 heterocycles. The zero-order chi connectivity index (χ0) is 18.0. The van der Waals surface area contributed by atoms with Crippen LogP contribution in [-0.2, 0) is 0 Å². The summed E-state index contributed by atoms with van der Waals surface area (Å²) in [5, 5.41) is 28.3. The SMILES string of the molecule is CCCCCCCCCCCCCCCC[C@H](O)[C@@H](O)[C@H](N)CO. The standard InChI is InChI=1S/C20H43NO3/c1-2-3-4-5-6-7-8-9-10-11-12-13-14-15-16-19(23)20(24)18(21)17-22/h18-20,22-24H,2-17,21H2,1H3/t18-,19+,20+/m1/s1. The van der Waals surface area contributed by atoms with Crippen LogP contribution in [-0.4, -0.2) is 40.2 Å². The number of unbranched alkanes of at least 4 members (excludes halogenated alkanes) is 13. The van der Waals surface area contributed by atoms with E-state index in [1.807, 2.05) is 0 Å². The van der Waals surface area contributed by atoms with Gasteiger partial charge in [0.05, 0.1) is 24.9 Å². The highest BCUT2D eigenvalue weighted by Crippen LogP contribution is 2.14. The van der Waals surface area contributed by atoms with Gasteiger partial charge in [0.25, 0.3) is 0 Å². The van der Waals surface area contributed by atoms with Gasteiger partial charge < -0.3 is 21.1 Å². The second-order valence-electron chi connectivity index (χ2n) is 7.29. The summed E-state index contributed by atoms with van der Waals surface area (Å²) in [4.78, 5) is 0. The van der Waals surface area contributed by atoms with E-state index in [0.717, 1.165) is 12.8 Å². The minimum absolute atomic E-state index is 0.295. The molecule has 3 atom stereocenters. The van der Waals surface area contributed by atoms with Gasteiger partial charge in [-0.25, -0.2) is 0 Å². The van der Waals surface area contributed by atoms with E-state index in [9.17, 15) is 10.2 Å². The second-order valence-corrected chi connectivity index (χ2v) is 7.29. The van der Waals surface area contributed by atoms with Crippen LogP contribution in [0.4, 0.5) is 0 Å². The largest absolute Gasteiger partial charge is 0.395 e. The van der Waals surface area contributed by atoms with E-state index in [1.165, 1.54) is 77.0 Å². The van der Waals surface area contributed by atoms with E-state index in [4.69, 9.17) is 10.8 Å². The molecule has 0 aliphatic rings. The monoisotopic (exact) mass is 345 g/mol. The molecule has 0 aromatic carbocycles. The lowest BCUT2D eigenvalue weighted by Gasteiger charge is -2.22. The number of aliphatic hydroxyl groups excluding tert-OH is 3. The highest BCUT2D eigenvalue weighted by molar-refractivity contribution is 4.77. The van der Waals surface area contributed by atoms with Crippen LogP contribution in [0.15, 0.2) is 0 Å². The predicted molar refractivity (Wildman–Crippen MR) is 102 cm³/mol. The van der Waals surface area contributed by atoms with Crippen LogP contribution in [0.3, 0.4) is 0 Å². The molecule has 0 aliphatic heterocycles. The van der Waals surface area contributed by atoms with Gasteiger partial charge in [0.1, 0.15) is 0 Å². The van der Waals surface area contributed by atoms with E-state index in [-0.39, 0.29) is 6.61 Å². The molecule has 4 nitrogen and oxygen atoms in total. The summed E-state index contributed by atoms with van der Waals surface area (Å²) in [5.74, 6) is 0. The number of hydrogen-bond donors (Lipinski definition) is 4. The zero-order valence-electron chi connectivity index (χ0n) is 16.0. The highest BCUT2D eigenvalue weighted by Gasteiger charge is 2.22. The Bertz CT molecular complexity index is 251. The van der Waals surface area contributed by atoms with Gasteiger partial charge in [-0.2, -0.15) is 0 Å². The molecular weight excluding hydrogens is 302 g/mol. The third kappa shape index (κ3) is 14.2. The van der Waals surface area contributed by atoms with Crippen molar-refractivity contribution in [3.8, 4) is 0 Å². The van der Waals surface area contributed by atoms with Crippen LogP contribution in [0.1, 0.15) is 103 Å². The summed E-state index contributed by atoms with van der Waals surface area (Å²) in [6.45, 7) is 1.97. The van der Waals surface area contributed by atoms with Crippen molar-refractivity contribution in [3.63, 3.8) is 0 Å². The Morgan fingerprint density at radius 1 is 0.667 bits per heavy atom. The third-order valence-corrected chi connectivity index (χ3v) is 4.90. The fourth-order valence-corrected chi connectivity index (χ4v) is 3.11. The van der Waals surface area contributed by atoms with Crippen molar-refractivity contribution >= 4 is 0 Å². The third-order valence-electron chi connectivity index (χ3n) is 4.90. The van der Waals surface area contributed by atoms with Crippen LogP contribution in [0.5, 0.6) is 0 Å². The Balaban J connectivity index is 3.23. The zero-order valence-corrected chi connectivity index (χ0v) is 16.0. The Morgan fingerprint density at radius 3 is 1.42 bits per heavy atom. The van der Waals surface area contributed by atoms with E-state index in [1.54, 1.807) is 0 Å². The van der Waals surface area contributed by atoms with Crippen LogP contribution in [0, 0.1) is 0 Å². The van der Waals surface area contributed by atoms with Gasteiger partial charge >= 0.3 is 0 Å². The number of aliphatic hydroxyl groups is 3. The minimum Gasteiger partial charge on any atom is -0.395 e. The van der Waals surface area contributed by atoms with Crippen molar-refractivity contribution in [1.29, 1.82) is 0 Å². The molecule has 0 spiro atoms. The molecule has 146 valence electrons. The van der Waals surface area contributed by atoms with Crippen LogP contribution < -0.4 is 5.73 Å². The minimum atomic E-state index is -1.02. The fourth-order valence-electron chi connectivity index (χ4n) is 3.11. The van der Waals surface area contributed by atoms with E-state index >= 15 is 0 Å². The Hall–Kier alpha value is -0.160. The molecule has 0 aromatic heterocycles. The normalized spacial score (nSPS) is 15.4. The molecular formula is C20H43NO3. The molecule has 0 radical (unpaired) electrons. The first-order valence-electron chi connectivity index (χ1n) is 10.4. The van der Waals surface area contributed by atoms with Crippen molar-refractivity contribution in [2.45, 2.75) is 121 Å². The average molecular weight is 346 g/mol. The highest BCUT2D eigenvalue weighted by atomic mass is 16.3. The molecule has 0 bridgehead atoms. The van der Waals surface area contributed by atoms with Crippen LogP contribution in [0.25, 0.3) is 0 Å². The lowest BCUT2D eigenvalue weighted by Crippen LogP contribution is -2.45.